The Hall–Kier alpha value is -1.15. The number of alkyl halides is 3. The second kappa shape index (κ2) is 6.74. The zero-order valence-corrected chi connectivity index (χ0v) is 12.5. The molecule has 1 aromatic carbocycles. The molecule has 0 saturated carbocycles. The van der Waals surface area contributed by atoms with Gasteiger partial charge in [0.05, 0.1) is 5.56 Å². The lowest BCUT2D eigenvalue weighted by atomic mass is 9.99. The van der Waals surface area contributed by atoms with E-state index in [9.17, 15) is 26.0 Å². The van der Waals surface area contributed by atoms with Gasteiger partial charge in [0.1, 0.15) is 15.7 Å². The van der Waals surface area contributed by atoms with Crippen LogP contribution < -0.4 is 5.32 Å². The average molecular weight is 327 g/mol. The van der Waals surface area contributed by atoms with Gasteiger partial charge in [0.15, 0.2) is 0 Å². The molecule has 0 fully saturated rings. The van der Waals surface area contributed by atoms with Gasteiger partial charge in [0.2, 0.25) is 0 Å². The lowest BCUT2D eigenvalue weighted by Crippen LogP contribution is -2.20. The van der Waals surface area contributed by atoms with E-state index in [1.807, 2.05) is 0 Å². The third-order valence-electron chi connectivity index (χ3n) is 3.07. The standard InChI is InChI=1S/C13H17F4NO2S/c1-18-11(7-4-8-21(2,19)20)9-5-3-6-10(12(9)14)13(15,16)17/h3,5-6,11,18H,4,7-8H2,1-2H3. The van der Waals surface area contributed by atoms with Crippen LogP contribution in [0.25, 0.3) is 0 Å². The van der Waals surface area contributed by atoms with Gasteiger partial charge in [-0.2, -0.15) is 13.2 Å². The summed E-state index contributed by atoms with van der Waals surface area (Å²) in [7, 11) is -1.66. The molecule has 0 amide bonds. The van der Waals surface area contributed by atoms with Crippen molar-refractivity contribution in [2.45, 2.75) is 25.1 Å². The van der Waals surface area contributed by atoms with Crippen molar-refractivity contribution >= 4 is 9.84 Å². The number of halogens is 4. The Labute approximate surface area is 121 Å². The van der Waals surface area contributed by atoms with Crippen LogP contribution in [0.2, 0.25) is 0 Å². The summed E-state index contributed by atoms with van der Waals surface area (Å²) in [4.78, 5) is 0. The van der Waals surface area contributed by atoms with Crippen LogP contribution in [0.5, 0.6) is 0 Å². The van der Waals surface area contributed by atoms with Crippen molar-refractivity contribution in [2.24, 2.45) is 0 Å². The maximum atomic E-state index is 14.0. The molecule has 0 spiro atoms. The Morgan fingerprint density at radius 3 is 2.38 bits per heavy atom. The van der Waals surface area contributed by atoms with E-state index in [4.69, 9.17) is 0 Å². The van der Waals surface area contributed by atoms with Crippen molar-refractivity contribution < 1.29 is 26.0 Å². The number of benzene rings is 1. The van der Waals surface area contributed by atoms with Gasteiger partial charge in [0.25, 0.3) is 0 Å². The Morgan fingerprint density at radius 1 is 1.29 bits per heavy atom. The molecule has 0 aliphatic heterocycles. The summed E-state index contributed by atoms with van der Waals surface area (Å²) in [5, 5.41) is 2.72. The van der Waals surface area contributed by atoms with Crippen LogP contribution in [0, 0.1) is 5.82 Å². The highest BCUT2D eigenvalue weighted by Crippen LogP contribution is 2.34. The van der Waals surface area contributed by atoms with Gasteiger partial charge in [-0.15, -0.1) is 0 Å². The third-order valence-corrected chi connectivity index (χ3v) is 4.10. The second-order valence-electron chi connectivity index (χ2n) is 4.82. The van der Waals surface area contributed by atoms with Crippen molar-refractivity contribution in [3.63, 3.8) is 0 Å². The highest BCUT2D eigenvalue weighted by molar-refractivity contribution is 7.90. The van der Waals surface area contributed by atoms with E-state index < -0.39 is 33.4 Å². The highest BCUT2D eigenvalue weighted by Gasteiger charge is 2.35. The lowest BCUT2D eigenvalue weighted by molar-refractivity contribution is -0.140. The van der Waals surface area contributed by atoms with Gasteiger partial charge in [-0.25, -0.2) is 12.8 Å². The van der Waals surface area contributed by atoms with Gasteiger partial charge < -0.3 is 5.32 Å². The molecule has 1 aromatic rings. The lowest BCUT2D eigenvalue weighted by Gasteiger charge is -2.19. The Kier molecular flexibility index (Phi) is 5.75. The molecule has 0 saturated heterocycles. The largest absolute Gasteiger partial charge is 0.419 e. The summed E-state index contributed by atoms with van der Waals surface area (Å²) in [5.74, 6) is -1.41. The quantitative estimate of drug-likeness (QED) is 0.817. The van der Waals surface area contributed by atoms with Crippen LogP contribution in [0.4, 0.5) is 17.6 Å². The van der Waals surface area contributed by atoms with Gasteiger partial charge in [0, 0.05) is 23.6 Å². The molecule has 0 aliphatic rings. The Balaban J connectivity index is 2.96. The molecule has 120 valence electrons. The number of rotatable bonds is 6. The monoisotopic (exact) mass is 327 g/mol. The van der Waals surface area contributed by atoms with Crippen molar-refractivity contribution in [3.05, 3.63) is 35.1 Å². The van der Waals surface area contributed by atoms with E-state index in [1.165, 1.54) is 13.1 Å². The fourth-order valence-corrected chi connectivity index (χ4v) is 2.73. The minimum absolute atomic E-state index is 0.0915. The van der Waals surface area contributed by atoms with Crippen molar-refractivity contribution in [1.29, 1.82) is 0 Å². The van der Waals surface area contributed by atoms with Crippen molar-refractivity contribution in [2.75, 3.05) is 19.1 Å². The van der Waals surface area contributed by atoms with E-state index in [2.05, 4.69) is 5.32 Å². The number of nitrogens with one attached hydrogen (secondary N) is 1. The van der Waals surface area contributed by atoms with E-state index in [0.717, 1.165) is 12.3 Å². The average Bonchev–Trinajstić information content (AvgIpc) is 2.33. The zero-order chi connectivity index (χ0) is 16.3. The maximum Gasteiger partial charge on any atom is 0.419 e. The molecule has 0 aliphatic carbocycles. The summed E-state index contributed by atoms with van der Waals surface area (Å²) in [6.07, 6.45) is -3.22. The predicted molar refractivity (Wildman–Crippen MR) is 72.1 cm³/mol. The first kappa shape index (κ1) is 17.9. The second-order valence-corrected chi connectivity index (χ2v) is 7.08. The molecule has 8 heteroatoms. The molecule has 1 unspecified atom stereocenters. The Bertz CT molecular complexity index is 584. The van der Waals surface area contributed by atoms with E-state index in [0.29, 0.717) is 6.07 Å². The molecular formula is C13H17F4NO2S. The van der Waals surface area contributed by atoms with Crippen LogP contribution >= 0.6 is 0 Å². The van der Waals surface area contributed by atoms with Crippen molar-refractivity contribution in [1.82, 2.24) is 5.32 Å². The summed E-state index contributed by atoms with van der Waals surface area (Å²) < 4.78 is 74.1. The van der Waals surface area contributed by atoms with Crippen LogP contribution in [-0.2, 0) is 16.0 Å². The Morgan fingerprint density at radius 2 is 1.90 bits per heavy atom. The molecule has 0 heterocycles. The zero-order valence-electron chi connectivity index (χ0n) is 11.7. The van der Waals surface area contributed by atoms with Gasteiger partial charge in [-0.1, -0.05) is 12.1 Å². The van der Waals surface area contributed by atoms with Crippen LogP contribution in [0.15, 0.2) is 18.2 Å². The minimum Gasteiger partial charge on any atom is -0.313 e. The van der Waals surface area contributed by atoms with Crippen LogP contribution in [0.3, 0.4) is 0 Å². The summed E-state index contributed by atoms with van der Waals surface area (Å²) >= 11 is 0. The molecule has 1 rings (SSSR count). The first-order valence-electron chi connectivity index (χ1n) is 6.27. The first-order chi connectivity index (χ1) is 9.56. The topological polar surface area (TPSA) is 46.2 Å². The molecule has 3 nitrogen and oxygen atoms in total. The maximum absolute atomic E-state index is 14.0. The molecule has 1 N–H and O–H groups in total. The normalized spacial score (nSPS) is 14.2. The molecule has 21 heavy (non-hydrogen) atoms. The SMILES string of the molecule is CNC(CCCS(C)(=O)=O)c1cccc(C(F)(F)F)c1F. The number of hydrogen-bond acceptors (Lipinski definition) is 3. The van der Waals surface area contributed by atoms with Gasteiger partial charge in [-0.05, 0) is 26.0 Å². The minimum atomic E-state index is -4.76. The molecule has 0 radical (unpaired) electrons. The van der Waals surface area contributed by atoms with Gasteiger partial charge in [-0.3, -0.25) is 0 Å². The van der Waals surface area contributed by atoms with E-state index in [-0.39, 0.29) is 24.2 Å². The highest BCUT2D eigenvalue weighted by atomic mass is 32.2. The molecule has 0 bridgehead atoms. The smallest absolute Gasteiger partial charge is 0.313 e. The number of sulfone groups is 1. The van der Waals surface area contributed by atoms with Gasteiger partial charge >= 0.3 is 6.18 Å². The summed E-state index contributed by atoms with van der Waals surface area (Å²) in [6, 6.07) is 2.42. The molecule has 0 aromatic heterocycles. The fraction of sp³-hybridized carbons (Fsp3) is 0.538. The molecule has 1 atom stereocenters. The van der Waals surface area contributed by atoms with E-state index >= 15 is 0 Å². The van der Waals surface area contributed by atoms with Crippen LogP contribution in [0.1, 0.15) is 30.0 Å². The predicted octanol–water partition coefficient (Wildman–Crippen LogP) is 2.93. The van der Waals surface area contributed by atoms with Crippen LogP contribution in [-0.4, -0.2) is 27.5 Å². The number of hydrogen-bond donors (Lipinski definition) is 1. The summed E-state index contributed by atoms with van der Waals surface area (Å²) in [5.41, 5.74) is -1.43. The fourth-order valence-electron chi connectivity index (χ4n) is 2.04. The van der Waals surface area contributed by atoms with Crippen molar-refractivity contribution in [3.8, 4) is 0 Å². The third kappa shape index (κ3) is 5.28. The first-order valence-corrected chi connectivity index (χ1v) is 8.33. The summed E-state index contributed by atoms with van der Waals surface area (Å²) in [6.45, 7) is 0. The van der Waals surface area contributed by atoms with E-state index in [1.54, 1.807) is 0 Å². The molecular weight excluding hydrogens is 310 g/mol.